The van der Waals surface area contributed by atoms with Crippen LogP contribution in [0.25, 0.3) is 0 Å². The molecule has 1 aromatic rings. The lowest BCUT2D eigenvalue weighted by Gasteiger charge is -2.20. The Morgan fingerprint density at radius 3 is 2.72 bits per heavy atom. The van der Waals surface area contributed by atoms with Crippen molar-refractivity contribution in [2.24, 2.45) is 0 Å². The summed E-state index contributed by atoms with van der Waals surface area (Å²) in [6.45, 7) is 4.60. The number of amides is 2. The first-order chi connectivity index (χ1) is 8.60. The number of rotatable bonds is 5. The molecule has 0 bridgehead atoms. The first-order valence-corrected chi connectivity index (χ1v) is 5.86. The fraction of sp³-hybridized carbons (Fsp3) is 0.417. The highest BCUT2D eigenvalue weighted by Gasteiger charge is 2.19. The van der Waals surface area contributed by atoms with Gasteiger partial charge in [0.1, 0.15) is 0 Å². The standard InChI is InChI=1S/C12H18N4O2/c1-3-14-10(17)8-16(4-2)12(18)11-9(13)6-5-7-15-11/h5-7H,3-4,8,13H2,1-2H3,(H,14,17). The van der Waals surface area contributed by atoms with Crippen molar-refractivity contribution in [2.45, 2.75) is 13.8 Å². The van der Waals surface area contributed by atoms with Crippen molar-refractivity contribution in [1.82, 2.24) is 15.2 Å². The summed E-state index contributed by atoms with van der Waals surface area (Å²) in [5.41, 5.74) is 6.19. The molecule has 18 heavy (non-hydrogen) atoms. The molecular weight excluding hydrogens is 232 g/mol. The van der Waals surface area contributed by atoms with Gasteiger partial charge in [0.15, 0.2) is 5.69 Å². The topological polar surface area (TPSA) is 88.3 Å². The molecule has 0 aliphatic carbocycles. The number of pyridine rings is 1. The van der Waals surface area contributed by atoms with E-state index in [-0.39, 0.29) is 24.1 Å². The predicted molar refractivity (Wildman–Crippen MR) is 68.9 cm³/mol. The lowest BCUT2D eigenvalue weighted by molar-refractivity contribution is -0.121. The molecule has 0 aliphatic rings. The van der Waals surface area contributed by atoms with Gasteiger partial charge in [0.05, 0.1) is 12.2 Å². The number of aromatic nitrogens is 1. The lowest BCUT2D eigenvalue weighted by Crippen LogP contribution is -2.41. The second kappa shape index (κ2) is 6.58. The van der Waals surface area contributed by atoms with Gasteiger partial charge >= 0.3 is 0 Å². The van der Waals surface area contributed by atoms with Crippen molar-refractivity contribution in [1.29, 1.82) is 0 Å². The van der Waals surface area contributed by atoms with E-state index < -0.39 is 0 Å². The van der Waals surface area contributed by atoms with Gasteiger partial charge in [-0.1, -0.05) is 0 Å². The maximum absolute atomic E-state index is 12.1. The predicted octanol–water partition coefficient (Wildman–Crippen LogP) is 0.262. The Hall–Kier alpha value is -2.11. The van der Waals surface area contributed by atoms with Gasteiger partial charge in [0, 0.05) is 19.3 Å². The van der Waals surface area contributed by atoms with Crippen LogP contribution in [0.3, 0.4) is 0 Å². The monoisotopic (exact) mass is 250 g/mol. The normalized spacial score (nSPS) is 9.89. The molecule has 1 rings (SSSR count). The number of nitrogen functional groups attached to an aromatic ring is 1. The van der Waals surface area contributed by atoms with Crippen molar-refractivity contribution < 1.29 is 9.59 Å². The van der Waals surface area contributed by atoms with Crippen LogP contribution in [-0.4, -0.2) is 41.3 Å². The smallest absolute Gasteiger partial charge is 0.275 e. The Morgan fingerprint density at radius 1 is 1.44 bits per heavy atom. The molecular formula is C12H18N4O2. The number of carbonyl (C=O) groups excluding carboxylic acids is 2. The number of carbonyl (C=O) groups is 2. The number of nitrogens with two attached hydrogens (primary N) is 1. The van der Waals surface area contributed by atoms with Gasteiger partial charge in [0.2, 0.25) is 5.91 Å². The number of hydrogen-bond donors (Lipinski definition) is 2. The number of anilines is 1. The van der Waals surface area contributed by atoms with Crippen LogP contribution in [0.1, 0.15) is 24.3 Å². The molecule has 0 spiro atoms. The van der Waals surface area contributed by atoms with Crippen molar-refractivity contribution in [2.75, 3.05) is 25.4 Å². The minimum absolute atomic E-state index is 0.0131. The van der Waals surface area contributed by atoms with E-state index in [4.69, 9.17) is 5.73 Å². The molecule has 1 aromatic heterocycles. The molecule has 0 saturated heterocycles. The van der Waals surface area contributed by atoms with Crippen LogP contribution in [0.2, 0.25) is 0 Å². The number of nitrogens with zero attached hydrogens (tertiary/aromatic N) is 2. The molecule has 1 heterocycles. The van der Waals surface area contributed by atoms with Crippen molar-refractivity contribution in [3.63, 3.8) is 0 Å². The highest BCUT2D eigenvalue weighted by molar-refractivity contribution is 5.98. The third kappa shape index (κ3) is 3.44. The van der Waals surface area contributed by atoms with Crippen molar-refractivity contribution in [3.8, 4) is 0 Å². The zero-order valence-electron chi connectivity index (χ0n) is 10.6. The van der Waals surface area contributed by atoms with E-state index in [1.807, 2.05) is 6.92 Å². The molecule has 0 fully saturated rings. The first-order valence-electron chi connectivity index (χ1n) is 5.86. The summed E-state index contributed by atoms with van der Waals surface area (Å²) in [7, 11) is 0. The van der Waals surface area contributed by atoms with Gasteiger partial charge in [-0.3, -0.25) is 9.59 Å². The lowest BCUT2D eigenvalue weighted by atomic mass is 10.2. The van der Waals surface area contributed by atoms with Crippen LogP contribution in [0.4, 0.5) is 5.69 Å². The fourth-order valence-electron chi connectivity index (χ4n) is 1.50. The second-order valence-corrected chi connectivity index (χ2v) is 3.71. The van der Waals surface area contributed by atoms with E-state index >= 15 is 0 Å². The third-order valence-electron chi connectivity index (χ3n) is 2.42. The Morgan fingerprint density at radius 2 is 2.17 bits per heavy atom. The Kier molecular flexibility index (Phi) is 5.10. The van der Waals surface area contributed by atoms with E-state index in [1.165, 1.54) is 11.1 Å². The van der Waals surface area contributed by atoms with Crippen LogP contribution in [0.5, 0.6) is 0 Å². The van der Waals surface area contributed by atoms with Crippen molar-refractivity contribution >= 4 is 17.5 Å². The summed E-state index contributed by atoms with van der Waals surface area (Å²) in [5, 5.41) is 2.65. The highest BCUT2D eigenvalue weighted by Crippen LogP contribution is 2.10. The minimum Gasteiger partial charge on any atom is -0.397 e. The van der Waals surface area contributed by atoms with Crippen LogP contribution >= 0.6 is 0 Å². The SMILES string of the molecule is CCNC(=O)CN(CC)C(=O)c1ncccc1N. The molecule has 0 radical (unpaired) electrons. The molecule has 0 atom stereocenters. The quantitative estimate of drug-likeness (QED) is 0.784. The molecule has 3 N–H and O–H groups in total. The maximum Gasteiger partial charge on any atom is 0.275 e. The number of likely N-dealkylation sites (N-methyl/N-ethyl adjacent to an activating group) is 2. The summed E-state index contributed by atoms with van der Waals surface area (Å²) >= 11 is 0. The van der Waals surface area contributed by atoms with Gasteiger partial charge in [-0.2, -0.15) is 0 Å². The van der Waals surface area contributed by atoms with Crippen molar-refractivity contribution in [3.05, 3.63) is 24.0 Å². The maximum atomic E-state index is 12.1. The molecule has 6 nitrogen and oxygen atoms in total. The zero-order valence-corrected chi connectivity index (χ0v) is 10.6. The van der Waals surface area contributed by atoms with Crippen LogP contribution in [0, 0.1) is 0 Å². The Labute approximate surface area is 106 Å². The largest absolute Gasteiger partial charge is 0.397 e. The van der Waals surface area contributed by atoms with Gasteiger partial charge in [-0.15, -0.1) is 0 Å². The molecule has 0 unspecified atom stereocenters. The van der Waals surface area contributed by atoms with Gasteiger partial charge in [0.25, 0.3) is 5.91 Å². The molecule has 0 saturated carbocycles. The summed E-state index contributed by atoms with van der Waals surface area (Å²) in [5.74, 6) is -0.524. The van der Waals surface area contributed by atoms with Crippen LogP contribution < -0.4 is 11.1 Å². The molecule has 6 heteroatoms. The molecule has 0 aromatic carbocycles. The van der Waals surface area contributed by atoms with E-state index in [2.05, 4.69) is 10.3 Å². The van der Waals surface area contributed by atoms with Gasteiger partial charge < -0.3 is 16.0 Å². The summed E-state index contributed by atoms with van der Waals surface area (Å²) < 4.78 is 0. The van der Waals surface area contributed by atoms with Crippen LogP contribution in [0.15, 0.2) is 18.3 Å². The molecule has 0 aliphatic heterocycles. The van der Waals surface area contributed by atoms with Crippen LogP contribution in [-0.2, 0) is 4.79 Å². The Bertz CT molecular complexity index is 434. The highest BCUT2D eigenvalue weighted by atomic mass is 16.2. The summed E-state index contributed by atoms with van der Waals surface area (Å²) in [6, 6.07) is 3.27. The van der Waals surface area contributed by atoms with E-state index in [0.717, 1.165) is 0 Å². The molecule has 98 valence electrons. The molecule has 2 amide bonds. The minimum atomic E-state index is -0.332. The Balaban J connectivity index is 2.80. The average Bonchev–Trinajstić information content (AvgIpc) is 2.36. The van der Waals surface area contributed by atoms with E-state index in [9.17, 15) is 9.59 Å². The van der Waals surface area contributed by atoms with Gasteiger partial charge in [-0.25, -0.2) is 4.98 Å². The van der Waals surface area contributed by atoms with E-state index in [0.29, 0.717) is 18.8 Å². The fourth-order valence-corrected chi connectivity index (χ4v) is 1.50. The second-order valence-electron chi connectivity index (χ2n) is 3.71. The first kappa shape index (κ1) is 14.0. The number of nitrogens with one attached hydrogen (secondary N) is 1. The summed E-state index contributed by atoms with van der Waals surface area (Å²) in [6.07, 6.45) is 1.50. The zero-order chi connectivity index (χ0) is 13.5. The van der Waals surface area contributed by atoms with Gasteiger partial charge in [-0.05, 0) is 26.0 Å². The number of hydrogen-bond acceptors (Lipinski definition) is 4. The summed E-state index contributed by atoms with van der Waals surface area (Å²) in [4.78, 5) is 29.0. The third-order valence-corrected chi connectivity index (χ3v) is 2.42. The van der Waals surface area contributed by atoms with E-state index in [1.54, 1.807) is 19.1 Å². The average molecular weight is 250 g/mol.